The first-order chi connectivity index (χ1) is 9.13. The molecule has 2 aromatic carbocycles. The highest BCUT2D eigenvalue weighted by Gasteiger charge is 2.25. The number of benzene rings is 2. The lowest BCUT2D eigenvalue weighted by Crippen LogP contribution is -2.28. The number of carboxylic acid groups (broad SMARTS) is 1. The van der Waals surface area contributed by atoms with Crippen LogP contribution in [-0.2, 0) is 15.6 Å². The second-order valence-corrected chi connectivity index (χ2v) is 5.85. The van der Waals surface area contributed by atoms with Crippen LogP contribution in [-0.4, -0.2) is 27.1 Å². The quantitative estimate of drug-likeness (QED) is 0.872. The summed E-state index contributed by atoms with van der Waals surface area (Å²) in [6, 6.07) is 13.0. The minimum absolute atomic E-state index is 0.203. The van der Waals surface area contributed by atoms with E-state index in [1.165, 1.54) is 0 Å². The van der Waals surface area contributed by atoms with Crippen molar-refractivity contribution in [2.75, 3.05) is 6.54 Å². The largest absolute Gasteiger partial charge is 0.480 e. The fraction of sp³-hybridized carbons (Fsp3) is 0.214. The zero-order valence-electron chi connectivity index (χ0n) is 10.3. The Hall–Kier alpha value is -1.72. The Bertz CT molecular complexity index is 627. The van der Waals surface area contributed by atoms with E-state index >= 15 is 0 Å². The van der Waals surface area contributed by atoms with Crippen molar-refractivity contribution >= 4 is 27.5 Å². The first-order valence-corrected chi connectivity index (χ1v) is 7.17. The summed E-state index contributed by atoms with van der Waals surface area (Å²) in [5.74, 6) is -1.07. The van der Waals surface area contributed by atoms with Crippen LogP contribution < -0.4 is 5.73 Å². The van der Waals surface area contributed by atoms with Gasteiger partial charge in [-0.2, -0.15) is 0 Å². The SMILES string of the molecule is NCCC(C(=O)O)S(=O)c1ccc2ccccc2c1. The maximum Gasteiger partial charge on any atom is 0.319 e. The van der Waals surface area contributed by atoms with Crippen LogP contribution in [0.4, 0.5) is 0 Å². The molecule has 0 radical (unpaired) electrons. The minimum atomic E-state index is -1.59. The minimum Gasteiger partial charge on any atom is -0.480 e. The number of carbonyl (C=O) groups is 1. The zero-order chi connectivity index (χ0) is 13.8. The van der Waals surface area contributed by atoms with Gasteiger partial charge in [0.05, 0.1) is 10.8 Å². The summed E-state index contributed by atoms with van der Waals surface area (Å²) >= 11 is 0. The van der Waals surface area contributed by atoms with E-state index in [1.807, 2.05) is 30.3 Å². The monoisotopic (exact) mass is 277 g/mol. The molecule has 0 aliphatic rings. The highest BCUT2D eigenvalue weighted by atomic mass is 32.2. The fourth-order valence-electron chi connectivity index (χ4n) is 1.93. The summed E-state index contributed by atoms with van der Waals surface area (Å²) in [5.41, 5.74) is 5.38. The Morgan fingerprint density at radius 3 is 2.53 bits per heavy atom. The van der Waals surface area contributed by atoms with Crippen LogP contribution in [0.1, 0.15) is 6.42 Å². The number of hydrogen-bond donors (Lipinski definition) is 2. The van der Waals surface area contributed by atoms with Gasteiger partial charge >= 0.3 is 5.97 Å². The summed E-state index contributed by atoms with van der Waals surface area (Å²) in [5, 5.41) is 10.1. The number of rotatable bonds is 5. The van der Waals surface area contributed by atoms with Crippen LogP contribution in [0.2, 0.25) is 0 Å². The van der Waals surface area contributed by atoms with Crippen LogP contribution >= 0.6 is 0 Å². The van der Waals surface area contributed by atoms with Gasteiger partial charge in [-0.3, -0.25) is 9.00 Å². The van der Waals surface area contributed by atoms with E-state index in [9.17, 15) is 9.00 Å². The van der Waals surface area contributed by atoms with E-state index < -0.39 is 22.0 Å². The molecular weight excluding hydrogens is 262 g/mol. The molecule has 4 nitrogen and oxygen atoms in total. The molecule has 2 rings (SSSR count). The Kier molecular flexibility index (Phi) is 4.29. The third-order valence-corrected chi connectivity index (χ3v) is 4.59. The smallest absolute Gasteiger partial charge is 0.319 e. The standard InChI is InChI=1S/C14H15NO3S/c15-8-7-13(14(16)17)19(18)12-6-5-10-3-1-2-4-11(10)9-12/h1-6,9,13H,7-8,15H2,(H,16,17). The summed E-state index contributed by atoms with van der Waals surface area (Å²) < 4.78 is 12.3. The fourth-order valence-corrected chi connectivity index (χ4v) is 3.24. The number of hydrogen-bond acceptors (Lipinski definition) is 3. The molecule has 3 N–H and O–H groups in total. The van der Waals surface area contributed by atoms with E-state index in [1.54, 1.807) is 12.1 Å². The van der Waals surface area contributed by atoms with Crippen LogP contribution in [0.5, 0.6) is 0 Å². The molecule has 0 spiro atoms. The van der Waals surface area contributed by atoms with Gasteiger partial charge in [0.25, 0.3) is 0 Å². The summed E-state index contributed by atoms with van der Waals surface area (Å²) in [6.45, 7) is 0.205. The molecular formula is C14H15NO3S. The molecule has 19 heavy (non-hydrogen) atoms. The van der Waals surface area contributed by atoms with Gasteiger partial charge in [0, 0.05) is 4.90 Å². The van der Waals surface area contributed by atoms with E-state index in [0.717, 1.165) is 10.8 Å². The Balaban J connectivity index is 2.37. The summed E-state index contributed by atoms with van der Waals surface area (Å²) in [4.78, 5) is 11.6. The van der Waals surface area contributed by atoms with Crippen LogP contribution in [0, 0.1) is 0 Å². The molecule has 0 amide bonds. The second-order valence-electron chi connectivity index (χ2n) is 4.21. The summed E-state index contributed by atoms with van der Waals surface area (Å²) in [6.07, 6.45) is 0.203. The van der Waals surface area contributed by atoms with Crippen LogP contribution in [0.25, 0.3) is 10.8 Å². The predicted octanol–water partition coefficient (Wildman–Crippen LogP) is 1.75. The molecule has 0 aliphatic carbocycles. The zero-order valence-corrected chi connectivity index (χ0v) is 11.1. The molecule has 0 fully saturated rings. The van der Waals surface area contributed by atoms with Gasteiger partial charge in [0.15, 0.2) is 0 Å². The third-order valence-electron chi connectivity index (χ3n) is 2.92. The molecule has 0 aromatic heterocycles. The third kappa shape index (κ3) is 3.00. The van der Waals surface area contributed by atoms with Crippen molar-refractivity contribution in [3.8, 4) is 0 Å². The topological polar surface area (TPSA) is 80.4 Å². The Morgan fingerprint density at radius 2 is 1.89 bits per heavy atom. The highest BCUT2D eigenvalue weighted by Crippen LogP contribution is 2.20. The van der Waals surface area contributed by atoms with Crippen LogP contribution in [0.15, 0.2) is 47.4 Å². The van der Waals surface area contributed by atoms with Gasteiger partial charge in [0.1, 0.15) is 5.25 Å². The maximum atomic E-state index is 12.3. The van der Waals surface area contributed by atoms with E-state index in [2.05, 4.69) is 0 Å². The van der Waals surface area contributed by atoms with E-state index in [4.69, 9.17) is 10.8 Å². The van der Waals surface area contributed by atoms with Crippen molar-refractivity contribution in [3.63, 3.8) is 0 Å². The van der Waals surface area contributed by atoms with Gasteiger partial charge in [-0.15, -0.1) is 0 Å². The molecule has 0 saturated carbocycles. The molecule has 5 heteroatoms. The molecule has 2 atom stereocenters. The average molecular weight is 277 g/mol. The number of nitrogens with two attached hydrogens (primary N) is 1. The number of carboxylic acids is 1. The maximum absolute atomic E-state index is 12.3. The normalized spacial score (nSPS) is 14.2. The summed E-state index contributed by atoms with van der Waals surface area (Å²) in [7, 11) is -1.59. The first kappa shape index (κ1) is 13.7. The van der Waals surface area contributed by atoms with Gasteiger partial charge in [-0.05, 0) is 35.9 Å². The predicted molar refractivity (Wildman–Crippen MR) is 75.5 cm³/mol. The Labute approximate surface area is 113 Å². The van der Waals surface area contributed by atoms with E-state index in [-0.39, 0.29) is 13.0 Å². The number of aliphatic carboxylic acids is 1. The number of fused-ring (bicyclic) bond motifs is 1. The van der Waals surface area contributed by atoms with Crippen molar-refractivity contribution in [2.24, 2.45) is 5.73 Å². The molecule has 0 bridgehead atoms. The van der Waals surface area contributed by atoms with Crippen molar-refractivity contribution < 1.29 is 14.1 Å². The van der Waals surface area contributed by atoms with Gasteiger partial charge < -0.3 is 10.8 Å². The van der Waals surface area contributed by atoms with Crippen molar-refractivity contribution in [1.82, 2.24) is 0 Å². The van der Waals surface area contributed by atoms with Crippen molar-refractivity contribution in [2.45, 2.75) is 16.6 Å². The lowest BCUT2D eigenvalue weighted by Gasteiger charge is -2.11. The van der Waals surface area contributed by atoms with Gasteiger partial charge in [-0.25, -0.2) is 0 Å². The average Bonchev–Trinajstić information content (AvgIpc) is 2.43. The Morgan fingerprint density at radius 1 is 1.21 bits per heavy atom. The van der Waals surface area contributed by atoms with Crippen molar-refractivity contribution in [3.05, 3.63) is 42.5 Å². The van der Waals surface area contributed by atoms with Crippen LogP contribution in [0.3, 0.4) is 0 Å². The van der Waals surface area contributed by atoms with E-state index in [0.29, 0.717) is 4.90 Å². The molecule has 0 heterocycles. The second kappa shape index (κ2) is 5.95. The van der Waals surface area contributed by atoms with Gasteiger partial charge in [-0.1, -0.05) is 30.3 Å². The molecule has 0 saturated heterocycles. The molecule has 0 aliphatic heterocycles. The highest BCUT2D eigenvalue weighted by molar-refractivity contribution is 7.86. The van der Waals surface area contributed by atoms with Crippen molar-refractivity contribution in [1.29, 1.82) is 0 Å². The van der Waals surface area contributed by atoms with Gasteiger partial charge in [0.2, 0.25) is 0 Å². The molecule has 100 valence electrons. The molecule has 2 aromatic rings. The lowest BCUT2D eigenvalue weighted by atomic mass is 10.1. The molecule has 2 unspecified atom stereocenters. The lowest BCUT2D eigenvalue weighted by molar-refractivity contribution is -0.136. The first-order valence-electron chi connectivity index (χ1n) is 5.95.